The van der Waals surface area contributed by atoms with Gasteiger partial charge in [-0.05, 0) is 25.7 Å². The molecule has 0 spiro atoms. The van der Waals surface area contributed by atoms with Crippen LogP contribution in [-0.2, 0) is 0 Å². The molecule has 1 aromatic rings. The third-order valence-electron chi connectivity index (χ3n) is 3.90. The molecule has 20 heavy (non-hydrogen) atoms. The first-order valence-electron chi connectivity index (χ1n) is 7.53. The first-order valence-corrected chi connectivity index (χ1v) is 7.53. The minimum Gasteiger partial charge on any atom is -0.363 e. The topological polar surface area (TPSA) is 53.1 Å². The fourth-order valence-electron chi connectivity index (χ4n) is 2.66. The van der Waals surface area contributed by atoms with Crippen molar-refractivity contribution < 1.29 is 4.39 Å². The number of hydrogen-bond acceptors (Lipinski definition) is 5. The Bertz CT molecular complexity index is 463. The molecule has 1 aliphatic carbocycles. The maximum atomic E-state index is 13.8. The molecule has 1 saturated carbocycles. The summed E-state index contributed by atoms with van der Waals surface area (Å²) < 4.78 is 13.8. The number of aromatic nitrogens is 2. The molecule has 1 atom stereocenters. The van der Waals surface area contributed by atoms with Gasteiger partial charge in [-0.1, -0.05) is 6.92 Å². The third kappa shape index (κ3) is 3.17. The summed E-state index contributed by atoms with van der Waals surface area (Å²) in [5.41, 5.74) is 0. The Balaban J connectivity index is 1.61. The van der Waals surface area contributed by atoms with Gasteiger partial charge in [0.15, 0.2) is 11.6 Å². The van der Waals surface area contributed by atoms with E-state index < -0.39 is 0 Å². The smallest absolute Gasteiger partial charge is 0.224 e. The van der Waals surface area contributed by atoms with Crippen molar-refractivity contribution in [2.24, 2.45) is 0 Å². The fourth-order valence-corrected chi connectivity index (χ4v) is 2.66. The number of likely N-dealkylation sites (tertiary alicyclic amines) is 1. The van der Waals surface area contributed by atoms with Crippen LogP contribution in [0.3, 0.4) is 0 Å². The van der Waals surface area contributed by atoms with E-state index in [1.54, 1.807) is 0 Å². The predicted octanol–water partition coefficient (Wildman–Crippen LogP) is 2.09. The highest BCUT2D eigenvalue weighted by atomic mass is 19.1. The van der Waals surface area contributed by atoms with Crippen LogP contribution in [0, 0.1) is 5.82 Å². The Morgan fingerprint density at radius 2 is 2.25 bits per heavy atom. The molecule has 1 aromatic heterocycles. The SMILES string of the molecule is CCCNc1ncc(F)c(NC2CCN(C3CC3)C2)n1. The zero-order valence-corrected chi connectivity index (χ0v) is 11.9. The lowest BCUT2D eigenvalue weighted by atomic mass is 10.2. The summed E-state index contributed by atoms with van der Waals surface area (Å²) in [7, 11) is 0. The van der Waals surface area contributed by atoms with Crippen LogP contribution < -0.4 is 10.6 Å². The molecule has 0 radical (unpaired) electrons. The molecule has 3 rings (SSSR count). The number of nitrogens with one attached hydrogen (secondary N) is 2. The van der Waals surface area contributed by atoms with Crippen LogP contribution in [-0.4, -0.2) is 46.6 Å². The second kappa shape index (κ2) is 5.91. The van der Waals surface area contributed by atoms with Crippen molar-refractivity contribution >= 4 is 11.8 Å². The van der Waals surface area contributed by atoms with Crippen LogP contribution in [0.2, 0.25) is 0 Å². The average Bonchev–Trinajstić information content (AvgIpc) is 3.20. The van der Waals surface area contributed by atoms with Crippen molar-refractivity contribution in [1.29, 1.82) is 0 Å². The third-order valence-corrected chi connectivity index (χ3v) is 3.90. The number of hydrogen-bond donors (Lipinski definition) is 2. The van der Waals surface area contributed by atoms with Gasteiger partial charge in [0.2, 0.25) is 5.95 Å². The lowest BCUT2D eigenvalue weighted by Gasteiger charge is -2.16. The molecule has 2 heterocycles. The summed E-state index contributed by atoms with van der Waals surface area (Å²) in [6, 6.07) is 1.07. The second-order valence-corrected chi connectivity index (χ2v) is 5.67. The van der Waals surface area contributed by atoms with Gasteiger partial charge in [-0.3, -0.25) is 4.90 Å². The quantitative estimate of drug-likeness (QED) is 0.835. The zero-order chi connectivity index (χ0) is 13.9. The lowest BCUT2D eigenvalue weighted by molar-refractivity contribution is 0.326. The maximum Gasteiger partial charge on any atom is 0.224 e. The van der Waals surface area contributed by atoms with Crippen LogP contribution in [0.5, 0.6) is 0 Å². The molecule has 1 saturated heterocycles. The van der Waals surface area contributed by atoms with Crippen molar-refractivity contribution in [1.82, 2.24) is 14.9 Å². The van der Waals surface area contributed by atoms with E-state index in [2.05, 4.69) is 32.4 Å². The van der Waals surface area contributed by atoms with Crippen LogP contribution in [0.15, 0.2) is 6.20 Å². The van der Waals surface area contributed by atoms with Crippen molar-refractivity contribution in [2.45, 2.75) is 44.7 Å². The monoisotopic (exact) mass is 279 g/mol. The summed E-state index contributed by atoms with van der Waals surface area (Å²) in [6.07, 6.45) is 5.92. The number of nitrogens with zero attached hydrogens (tertiary/aromatic N) is 3. The normalized spacial score (nSPS) is 23.0. The molecule has 6 heteroatoms. The number of rotatable bonds is 6. The Labute approximate surface area is 119 Å². The summed E-state index contributed by atoms with van der Waals surface area (Å²) in [5, 5.41) is 6.32. The maximum absolute atomic E-state index is 13.8. The van der Waals surface area contributed by atoms with E-state index in [0.717, 1.165) is 38.5 Å². The first-order chi connectivity index (χ1) is 9.76. The Hall–Kier alpha value is -1.43. The van der Waals surface area contributed by atoms with Crippen molar-refractivity contribution in [3.63, 3.8) is 0 Å². The van der Waals surface area contributed by atoms with Crippen molar-refractivity contribution in [2.75, 3.05) is 30.3 Å². The van der Waals surface area contributed by atoms with Crippen molar-refractivity contribution in [3.05, 3.63) is 12.0 Å². The molecule has 2 N–H and O–H groups in total. The minimum absolute atomic E-state index is 0.291. The number of halogens is 1. The molecule has 0 amide bonds. The highest BCUT2D eigenvalue weighted by molar-refractivity contribution is 5.42. The van der Waals surface area contributed by atoms with Gasteiger partial charge in [0, 0.05) is 31.7 Å². The Morgan fingerprint density at radius 1 is 1.40 bits per heavy atom. The lowest BCUT2D eigenvalue weighted by Crippen LogP contribution is -2.28. The molecular formula is C14H22FN5. The van der Waals surface area contributed by atoms with Gasteiger partial charge in [0.1, 0.15) is 0 Å². The summed E-state index contributed by atoms with van der Waals surface area (Å²) in [4.78, 5) is 10.7. The van der Waals surface area contributed by atoms with E-state index >= 15 is 0 Å². The average molecular weight is 279 g/mol. The predicted molar refractivity (Wildman–Crippen MR) is 77.4 cm³/mol. The molecule has 2 aliphatic rings. The zero-order valence-electron chi connectivity index (χ0n) is 11.9. The Morgan fingerprint density at radius 3 is 3.00 bits per heavy atom. The molecule has 1 aliphatic heterocycles. The number of anilines is 2. The van der Waals surface area contributed by atoms with Crippen LogP contribution >= 0.6 is 0 Å². The minimum atomic E-state index is -0.378. The van der Waals surface area contributed by atoms with Gasteiger partial charge in [-0.15, -0.1) is 0 Å². The van der Waals surface area contributed by atoms with E-state index in [0.29, 0.717) is 17.8 Å². The van der Waals surface area contributed by atoms with Crippen LogP contribution in [0.4, 0.5) is 16.2 Å². The van der Waals surface area contributed by atoms with Crippen LogP contribution in [0.1, 0.15) is 32.6 Å². The molecule has 0 bridgehead atoms. The molecule has 110 valence electrons. The molecule has 2 fully saturated rings. The molecule has 1 unspecified atom stereocenters. The Kier molecular flexibility index (Phi) is 4.00. The highest BCUT2D eigenvalue weighted by Gasteiger charge is 2.34. The van der Waals surface area contributed by atoms with E-state index in [4.69, 9.17) is 0 Å². The van der Waals surface area contributed by atoms with E-state index in [9.17, 15) is 4.39 Å². The van der Waals surface area contributed by atoms with Gasteiger partial charge < -0.3 is 10.6 Å². The van der Waals surface area contributed by atoms with Gasteiger partial charge >= 0.3 is 0 Å². The molecular weight excluding hydrogens is 257 g/mol. The fraction of sp³-hybridized carbons (Fsp3) is 0.714. The first kappa shape index (κ1) is 13.5. The van der Waals surface area contributed by atoms with E-state index in [1.165, 1.54) is 19.0 Å². The van der Waals surface area contributed by atoms with Gasteiger partial charge in [-0.2, -0.15) is 4.98 Å². The summed E-state index contributed by atoms with van der Waals surface area (Å²) >= 11 is 0. The van der Waals surface area contributed by atoms with Gasteiger partial charge in [0.25, 0.3) is 0 Å². The van der Waals surface area contributed by atoms with Gasteiger partial charge in [0.05, 0.1) is 6.20 Å². The van der Waals surface area contributed by atoms with E-state index in [1.807, 2.05) is 0 Å². The summed E-state index contributed by atoms with van der Waals surface area (Å²) in [6.45, 7) is 4.96. The highest BCUT2D eigenvalue weighted by Crippen LogP contribution is 2.30. The van der Waals surface area contributed by atoms with Gasteiger partial charge in [-0.25, -0.2) is 9.37 Å². The van der Waals surface area contributed by atoms with Crippen molar-refractivity contribution in [3.8, 4) is 0 Å². The largest absolute Gasteiger partial charge is 0.363 e. The molecule has 0 aromatic carbocycles. The van der Waals surface area contributed by atoms with Crippen LogP contribution in [0.25, 0.3) is 0 Å². The van der Waals surface area contributed by atoms with E-state index in [-0.39, 0.29) is 5.82 Å². The standard InChI is InChI=1S/C14H22FN5/c1-2-6-16-14-17-8-12(15)13(19-14)18-10-5-7-20(9-10)11-3-4-11/h8,10-11H,2-7,9H2,1H3,(H2,16,17,18,19). The molecule has 5 nitrogen and oxygen atoms in total. The summed E-state index contributed by atoms with van der Waals surface area (Å²) in [5.74, 6) is 0.436. The second-order valence-electron chi connectivity index (χ2n) is 5.67.